The molecule has 5 heterocycles. The summed E-state index contributed by atoms with van der Waals surface area (Å²) in [6, 6.07) is 7.50. The van der Waals surface area contributed by atoms with Gasteiger partial charge in [-0.2, -0.15) is 5.26 Å². The van der Waals surface area contributed by atoms with Crippen molar-refractivity contribution in [1.29, 1.82) is 5.26 Å². The van der Waals surface area contributed by atoms with Crippen molar-refractivity contribution < 1.29 is 14.4 Å². The number of aryl methyl sites for hydroxylation is 1. The molecule has 3 fully saturated rings. The van der Waals surface area contributed by atoms with E-state index in [1.165, 1.54) is 16.2 Å². The summed E-state index contributed by atoms with van der Waals surface area (Å²) in [5.74, 6) is -0.763. The lowest BCUT2D eigenvalue weighted by Gasteiger charge is -2.34. The van der Waals surface area contributed by atoms with Crippen LogP contribution in [0, 0.1) is 35.5 Å². The van der Waals surface area contributed by atoms with Crippen LogP contribution in [0.1, 0.15) is 47.3 Å². The minimum absolute atomic E-state index is 0. The first-order valence-electron chi connectivity index (χ1n) is 12.8. The molecule has 3 aliphatic rings. The number of imide groups is 1. The largest absolute Gasteiger partial charge is 0.333 e. The average Bonchev–Trinajstić information content (AvgIpc) is 3.13. The fraction of sp³-hybridized carbons (Fsp3) is 0.429. The quantitative estimate of drug-likeness (QED) is 0.481. The number of nitrogens with zero attached hydrogens (tertiary/aromatic N) is 5. The molecular formula is C28H29ClN6O3S. The van der Waals surface area contributed by atoms with Gasteiger partial charge in [0.1, 0.15) is 11.8 Å². The zero-order chi connectivity index (χ0) is 26.9. The zero-order valence-corrected chi connectivity index (χ0v) is 23.8. The van der Waals surface area contributed by atoms with Crippen LogP contribution < -0.4 is 5.32 Å². The molecule has 0 aromatic carbocycles. The van der Waals surface area contributed by atoms with Crippen LogP contribution >= 0.6 is 23.7 Å². The number of hydrogen-bond acceptors (Lipinski definition) is 8. The number of amides is 3. The second kappa shape index (κ2) is 9.66. The van der Waals surface area contributed by atoms with Gasteiger partial charge in [0.2, 0.25) is 11.8 Å². The summed E-state index contributed by atoms with van der Waals surface area (Å²) < 4.78 is 0.802. The Kier molecular flexibility index (Phi) is 6.74. The van der Waals surface area contributed by atoms with Crippen molar-refractivity contribution >= 4 is 51.7 Å². The lowest BCUT2D eigenvalue weighted by molar-refractivity contribution is -0.143. The summed E-state index contributed by atoms with van der Waals surface area (Å²) >= 11 is 1.44. The molecular weight excluding hydrogens is 536 g/mol. The van der Waals surface area contributed by atoms with Crippen molar-refractivity contribution in [2.45, 2.75) is 40.3 Å². The van der Waals surface area contributed by atoms with Crippen molar-refractivity contribution in [3.63, 3.8) is 0 Å². The van der Waals surface area contributed by atoms with Crippen LogP contribution in [0.25, 0.3) is 21.5 Å². The molecule has 2 aliphatic heterocycles. The average molecular weight is 565 g/mol. The first-order valence-corrected chi connectivity index (χ1v) is 13.6. The Morgan fingerprint density at radius 1 is 1.26 bits per heavy atom. The smallest absolute Gasteiger partial charge is 0.256 e. The summed E-state index contributed by atoms with van der Waals surface area (Å²) in [5, 5.41) is 13.0. The van der Waals surface area contributed by atoms with Gasteiger partial charge in [-0.25, -0.2) is 4.98 Å². The summed E-state index contributed by atoms with van der Waals surface area (Å²) in [4.78, 5) is 52.8. The number of piperidine rings is 1. The van der Waals surface area contributed by atoms with Crippen LogP contribution in [0.4, 0.5) is 0 Å². The first-order chi connectivity index (χ1) is 18.1. The lowest BCUT2D eigenvalue weighted by Crippen LogP contribution is -2.52. The molecule has 0 radical (unpaired) electrons. The maximum Gasteiger partial charge on any atom is 0.256 e. The molecule has 3 amide bonds. The number of piperazine rings is 1. The van der Waals surface area contributed by atoms with Gasteiger partial charge in [-0.1, -0.05) is 13.8 Å². The number of halogens is 1. The fourth-order valence-electron chi connectivity index (χ4n) is 6.05. The molecule has 2 saturated heterocycles. The normalized spacial score (nSPS) is 23.4. The maximum atomic E-state index is 13.8. The third kappa shape index (κ3) is 4.20. The van der Waals surface area contributed by atoms with Crippen LogP contribution in [0.2, 0.25) is 0 Å². The van der Waals surface area contributed by atoms with E-state index in [4.69, 9.17) is 0 Å². The molecule has 39 heavy (non-hydrogen) atoms. The highest BCUT2D eigenvalue weighted by atomic mass is 35.5. The van der Waals surface area contributed by atoms with E-state index in [0.29, 0.717) is 41.0 Å². The Labute approximate surface area is 236 Å². The SMILES string of the molecule is Cc1cc(C#N)nc(-c2ccnc3cc(CN4C(=O)C5C(C4=O)C5(C)C)sc23)c1C(=O)N1CCNCC1C.Cl. The van der Waals surface area contributed by atoms with E-state index in [1.807, 2.05) is 44.7 Å². The standard InChI is InChI=1S/C28H28N6O3S.ClH/c1-14-9-16(11-29)32-23(20(14)25(35)33-8-7-30-12-15(33)2)18-5-6-31-19-10-17(38-24(18)19)13-34-26(36)21-22(27(34)37)28(21,3)4;/h5-6,9-10,15,21-22,30H,7-8,12-13H2,1-4H3;1H. The summed E-state index contributed by atoms with van der Waals surface area (Å²) in [6.45, 7) is 10.0. The number of pyridine rings is 2. The van der Waals surface area contributed by atoms with Gasteiger partial charge in [-0.3, -0.25) is 24.3 Å². The van der Waals surface area contributed by atoms with Crippen molar-refractivity contribution in [3.05, 3.63) is 46.1 Å². The molecule has 202 valence electrons. The number of aromatic nitrogens is 2. The van der Waals surface area contributed by atoms with Gasteiger partial charge in [0.05, 0.1) is 39.9 Å². The van der Waals surface area contributed by atoms with Gasteiger partial charge in [0.15, 0.2) is 0 Å². The predicted molar refractivity (Wildman–Crippen MR) is 149 cm³/mol. The van der Waals surface area contributed by atoms with Crippen LogP contribution in [0.15, 0.2) is 24.4 Å². The van der Waals surface area contributed by atoms with Crippen LogP contribution in [0.3, 0.4) is 0 Å². The maximum absolute atomic E-state index is 13.8. The zero-order valence-electron chi connectivity index (χ0n) is 22.1. The molecule has 3 aromatic rings. The molecule has 1 aliphatic carbocycles. The topological polar surface area (TPSA) is 119 Å². The molecule has 3 atom stereocenters. The van der Waals surface area contributed by atoms with E-state index >= 15 is 0 Å². The number of nitriles is 1. The van der Waals surface area contributed by atoms with E-state index in [9.17, 15) is 19.6 Å². The molecule has 1 N–H and O–H groups in total. The summed E-state index contributed by atoms with van der Waals surface area (Å²) in [5.41, 5.74) is 3.02. The number of rotatable bonds is 4. The van der Waals surface area contributed by atoms with Crippen molar-refractivity contribution in [2.24, 2.45) is 17.3 Å². The van der Waals surface area contributed by atoms with Crippen LogP contribution in [-0.2, 0) is 16.1 Å². The van der Waals surface area contributed by atoms with Gasteiger partial charge in [0, 0.05) is 42.3 Å². The second-order valence-electron chi connectivity index (χ2n) is 11.0. The minimum Gasteiger partial charge on any atom is -0.333 e. The number of hydrogen-bond donors (Lipinski definition) is 1. The fourth-order valence-corrected chi connectivity index (χ4v) is 7.17. The lowest BCUT2D eigenvalue weighted by atomic mass is 9.98. The molecule has 6 rings (SSSR count). The molecule has 0 bridgehead atoms. The Balaban J connectivity index is 0.00000308. The Hall–Kier alpha value is -3.39. The molecule has 1 saturated carbocycles. The Morgan fingerprint density at radius 3 is 2.64 bits per heavy atom. The van der Waals surface area contributed by atoms with E-state index in [2.05, 4.69) is 21.4 Å². The molecule has 0 spiro atoms. The Morgan fingerprint density at radius 2 is 1.97 bits per heavy atom. The second-order valence-corrected chi connectivity index (χ2v) is 12.2. The number of thiophene rings is 1. The first kappa shape index (κ1) is 27.2. The summed E-state index contributed by atoms with van der Waals surface area (Å²) in [7, 11) is 0. The van der Waals surface area contributed by atoms with E-state index in [0.717, 1.165) is 16.1 Å². The minimum atomic E-state index is -0.250. The van der Waals surface area contributed by atoms with Gasteiger partial charge >= 0.3 is 0 Å². The number of carbonyl (C=O) groups excluding carboxylic acids is 3. The third-order valence-electron chi connectivity index (χ3n) is 8.23. The van der Waals surface area contributed by atoms with E-state index in [1.54, 1.807) is 12.3 Å². The van der Waals surface area contributed by atoms with Gasteiger partial charge < -0.3 is 10.2 Å². The van der Waals surface area contributed by atoms with Crippen LogP contribution in [0.5, 0.6) is 0 Å². The van der Waals surface area contributed by atoms with Gasteiger partial charge in [-0.05, 0) is 43.0 Å². The number of fused-ring (bicyclic) bond motifs is 2. The number of likely N-dealkylation sites (tertiary alicyclic amines) is 1. The number of carbonyl (C=O) groups is 3. The molecule has 11 heteroatoms. The highest BCUT2D eigenvalue weighted by molar-refractivity contribution is 7.19. The molecule has 9 nitrogen and oxygen atoms in total. The van der Waals surface area contributed by atoms with Gasteiger partial charge in [0.25, 0.3) is 5.91 Å². The predicted octanol–water partition coefficient (Wildman–Crippen LogP) is 3.54. The van der Waals surface area contributed by atoms with E-state index < -0.39 is 0 Å². The van der Waals surface area contributed by atoms with Crippen molar-refractivity contribution in [1.82, 2.24) is 25.1 Å². The highest BCUT2D eigenvalue weighted by Gasteiger charge is 2.72. The molecule has 3 unspecified atom stereocenters. The number of nitrogens with one attached hydrogen (secondary N) is 1. The van der Waals surface area contributed by atoms with E-state index in [-0.39, 0.29) is 65.7 Å². The monoisotopic (exact) mass is 564 g/mol. The van der Waals surface area contributed by atoms with Gasteiger partial charge in [-0.15, -0.1) is 23.7 Å². The highest BCUT2D eigenvalue weighted by Crippen LogP contribution is 2.63. The third-order valence-corrected chi connectivity index (χ3v) is 9.37. The van der Waals surface area contributed by atoms with Crippen LogP contribution in [-0.4, -0.2) is 63.2 Å². The van der Waals surface area contributed by atoms with Crippen molar-refractivity contribution in [2.75, 3.05) is 19.6 Å². The molecule has 3 aromatic heterocycles. The summed E-state index contributed by atoms with van der Waals surface area (Å²) in [6.07, 6.45) is 1.66. The van der Waals surface area contributed by atoms with Crippen molar-refractivity contribution in [3.8, 4) is 17.3 Å². The Bertz CT molecular complexity index is 1550.